The normalized spacial score (nSPS) is 11.4. The second-order valence-electron chi connectivity index (χ2n) is 5.36. The van der Waals surface area contributed by atoms with Gasteiger partial charge < -0.3 is 9.84 Å². The summed E-state index contributed by atoms with van der Waals surface area (Å²) in [5.74, 6) is -1.82. The number of carboxylic acids is 1. The number of aliphatic carboxylic acids is 1. The van der Waals surface area contributed by atoms with Gasteiger partial charge in [-0.05, 0) is 25.3 Å². The van der Waals surface area contributed by atoms with Crippen LogP contribution < -0.4 is 0 Å². The number of ether oxygens (including phenoxy) is 1. The van der Waals surface area contributed by atoms with E-state index in [2.05, 4.69) is 13.8 Å². The second-order valence-corrected chi connectivity index (χ2v) is 5.36. The van der Waals surface area contributed by atoms with Gasteiger partial charge in [-0.15, -0.1) is 0 Å². The summed E-state index contributed by atoms with van der Waals surface area (Å²) in [5, 5.41) is 9.02. The fraction of sp³-hybridized carbons (Fsp3) is 0.765. The number of carboxylic acid groups (broad SMARTS) is 1. The molecule has 4 heteroatoms. The van der Waals surface area contributed by atoms with Crippen LogP contribution in [0.1, 0.15) is 84.5 Å². The number of allylic oxidation sites excluding steroid dienone is 1. The van der Waals surface area contributed by atoms with Gasteiger partial charge in [0.15, 0.2) is 0 Å². The van der Waals surface area contributed by atoms with E-state index >= 15 is 0 Å². The van der Waals surface area contributed by atoms with Crippen molar-refractivity contribution in [2.75, 3.05) is 0 Å². The lowest BCUT2D eigenvalue weighted by molar-refractivity contribution is -0.148. The van der Waals surface area contributed by atoms with Crippen LogP contribution in [0.25, 0.3) is 0 Å². The molecular formula is C17H30O4. The van der Waals surface area contributed by atoms with Crippen LogP contribution in [0.3, 0.4) is 0 Å². The van der Waals surface area contributed by atoms with E-state index in [0.717, 1.165) is 51.4 Å². The van der Waals surface area contributed by atoms with Gasteiger partial charge in [0.25, 0.3) is 0 Å². The van der Waals surface area contributed by atoms with Gasteiger partial charge >= 0.3 is 11.9 Å². The molecule has 0 heterocycles. The third-order valence-electron chi connectivity index (χ3n) is 3.31. The number of esters is 1. The molecule has 0 radical (unpaired) electrons. The van der Waals surface area contributed by atoms with Gasteiger partial charge in [0.05, 0.1) is 0 Å². The molecule has 0 rings (SSSR count). The van der Waals surface area contributed by atoms with E-state index in [0.29, 0.717) is 12.8 Å². The summed E-state index contributed by atoms with van der Waals surface area (Å²) in [6.07, 6.45) is 12.0. The van der Waals surface area contributed by atoms with E-state index in [4.69, 9.17) is 9.84 Å². The van der Waals surface area contributed by atoms with E-state index in [1.54, 1.807) is 0 Å². The maximum absolute atomic E-state index is 11.6. The minimum atomic E-state index is -1.16. The molecule has 0 aromatic heterocycles. The molecule has 0 saturated carbocycles. The molecule has 0 spiro atoms. The average molecular weight is 298 g/mol. The van der Waals surface area contributed by atoms with Crippen molar-refractivity contribution < 1.29 is 19.4 Å². The van der Waals surface area contributed by atoms with Crippen LogP contribution in [0.2, 0.25) is 0 Å². The molecule has 0 aliphatic heterocycles. The number of hydrogen-bond acceptors (Lipinski definition) is 3. The van der Waals surface area contributed by atoms with Crippen LogP contribution in [-0.2, 0) is 14.3 Å². The van der Waals surface area contributed by atoms with Crippen molar-refractivity contribution in [3.05, 3.63) is 11.8 Å². The van der Waals surface area contributed by atoms with Gasteiger partial charge in [0.2, 0.25) is 5.76 Å². The summed E-state index contributed by atoms with van der Waals surface area (Å²) in [6.45, 7) is 4.26. The van der Waals surface area contributed by atoms with Gasteiger partial charge in [-0.25, -0.2) is 4.79 Å². The Morgan fingerprint density at radius 2 is 1.48 bits per heavy atom. The van der Waals surface area contributed by atoms with E-state index < -0.39 is 11.9 Å². The first-order valence-corrected chi connectivity index (χ1v) is 8.25. The van der Waals surface area contributed by atoms with Crippen molar-refractivity contribution in [2.45, 2.75) is 84.5 Å². The highest BCUT2D eigenvalue weighted by molar-refractivity contribution is 5.87. The largest absolute Gasteiger partial charge is 0.475 e. The summed E-state index contributed by atoms with van der Waals surface area (Å²) in [5.41, 5.74) is 0. The van der Waals surface area contributed by atoms with Crippen LogP contribution in [0.15, 0.2) is 11.8 Å². The first kappa shape index (κ1) is 19.7. The molecule has 0 aliphatic rings. The Hall–Kier alpha value is -1.32. The second kappa shape index (κ2) is 13.7. The topological polar surface area (TPSA) is 63.6 Å². The monoisotopic (exact) mass is 298 g/mol. The molecule has 0 bridgehead atoms. The zero-order valence-electron chi connectivity index (χ0n) is 13.5. The minimum Gasteiger partial charge on any atom is -0.475 e. The zero-order valence-corrected chi connectivity index (χ0v) is 13.5. The van der Waals surface area contributed by atoms with Crippen LogP contribution in [-0.4, -0.2) is 17.0 Å². The van der Waals surface area contributed by atoms with Crippen molar-refractivity contribution in [2.24, 2.45) is 0 Å². The van der Waals surface area contributed by atoms with Crippen LogP contribution in [0.4, 0.5) is 0 Å². The quantitative estimate of drug-likeness (QED) is 0.229. The van der Waals surface area contributed by atoms with Crippen molar-refractivity contribution >= 4 is 11.9 Å². The highest BCUT2D eigenvalue weighted by atomic mass is 16.6. The number of carbonyl (C=O) groups excluding carboxylic acids is 1. The third kappa shape index (κ3) is 12.2. The molecule has 21 heavy (non-hydrogen) atoms. The van der Waals surface area contributed by atoms with E-state index in [-0.39, 0.29) is 5.76 Å². The molecule has 0 atom stereocenters. The van der Waals surface area contributed by atoms with Crippen LogP contribution in [0.5, 0.6) is 0 Å². The number of rotatable bonds is 13. The van der Waals surface area contributed by atoms with Gasteiger partial charge in [0, 0.05) is 6.42 Å². The molecule has 0 fully saturated rings. The van der Waals surface area contributed by atoms with Crippen molar-refractivity contribution in [3.8, 4) is 0 Å². The summed E-state index contributed by atoms with van der Waals surface area (Å²) in [6, 6.07) is 0. The Kier molecular flexibility index (Phi) is 12.8. The van der Waals surface area contributed by atoms with Gasteiger partial charge in [-0.1, -0.05) is 58.8 Å². The van der Waals surface area contributed by atoms with E-state index in [1.807, 2.05) is 0 Å². The summed E-state index contributed by atoms with van der Waals surface area (Å²) < 4.78 is 4.95. The lowest BCUT2D eigenvalue weighted by Gasteiger charge is -2.05. The number of carbonyl (C=O) groups is 2. The maximum atomic E-state index is 11.6. The Morgan fingerprint density at radius 3 is 2.05 bits per heavy atom. The first-order valence-electron chi connectivity index (χ1n) is 8.25. The maximum Gasteiger partial charge on any atom is 0.371 e. The molecule has 0 unspecified atom stereocenters. The Morgan fingerprint density at radius 1 is 0.905 bits per heavy atom. The first-order chi connectivity index (χ1) is 10.1. The fourth-order valence-corrected chi connectivity index (χ4v) is 2.02. The van der Waals surface area contributed by atoms with Gasteiger partial charge in [-0.2, -0.15) is 0 Å². The molecule has 0 aromatic rings. The summed E-state index contributed by atoms with van der Waals surface area (Å²) in [4.78, 5) is 22.6. The molecule has 0 amide bonds. The summed E-state index contributed by atoms with van der Waals surface area (Å²) in [7, 11) is 0. The molecule has 1 N–H and O–H groups in total. The molecule has 4 nitrogen and oxygen atoms in total. The lowest BCUT2D eigenvalue weighted by Crippen LogP contribution is -2.11. The lowest BCUT2D eigenvalue weighted by atomic mass is 10.1. The minimum absolute atomic E-state index is 0.218. The van der Waals surface area contributed by atoms with Crippen LogP contribution in [0, 0.1) is 0 Å². The Bertz CT molecular complexity index is 321. The van der Waals surface area contributed by atoms with Gasteiger partial charge in [0.1, 0.15) is 0 Å². The molecule has 0 saturated heterocycles. The standard InChI is InChI=1S/C17H30O4/c1-3-5-7-9-11-13-15(17(19)20)21-16(18)14-12-10-8-6-4-2/h13H,3-12,14H2,1-2H3,(H,19,20)/b15-13+. The van der Waals surface area contributed by atoms with E-state index in [1.165, 1.54) is 12.5 Å². The van der Waals surface area contributed by atoms with E-state index in [9.17, 15) is 9.59 Å². The zero-order chi connectivity index (χ0) is 15.9. The average Bonchev–Trinajstić information content (AvgIpc) is 2.45. The Balaban J connectivity index is 3.98. The number of hydrogen-bond donors (Lipinski definition) is 1. The molecule has 0 aromatic carbocycles. The highest BCUT2D eigenvalue weighted by Crippen LogP contribution is 2.10. The summed E-state index contributed by atoms with van der Waals surface area (Å²) >= 11 is 0. The number of unbranched alkanes of at least 4 members (excludes halogenated alkanes) is 8. The smallest absolute Gasteiger partial charge is 0.371 e. The van der Waals surface area contributed by atoms with Crippen molar-refractivity contribution in [1.29, 1.82) is 0 Å². The predicted molar refractivity (Wildman–Crippen MR) is 83.9 cm³/mol. The highest BCUT2D eigenvalue weighted by Gasteiger charge is 2.13. The third-order valence-corrected chi connectivity index (χ3v) is 3.31. The fourth-order valence-electron chi connectivity index (χ4n) is 2.02. The Labute approximate surface area is 128 Å². The predicted octanol–water partition coefficient (Wildman–Crippen LogP) is 4.83. The molecule has 0 aliphatic carbocycles. The van der Waals surface area contributed by atoms with Crippen molar-refractivity contribution in [3.63, 3.8) is 0 Å². The van der Waals surface area contributed by atoms with Crippen molar-refractivity contribution in [1.82, 2.24) is 0 Å². The van der Waals surface area contributed by atoms with Gasteiger partial charge in [-0.3, -0.25) is 4.79 Å². The van der Waals surface area contributed by atoms with Crippen LogP contribution >= 0.6 is 0 Å². The molecule has 122 valence electrons. The SMILES string of the molecule is CCCCCC/C=C(/OC(=O)CCCCCCC)C(=O)O. The molecular weight excluding hydrogens is 268 g/mol.